The lowest BCUT2D eigenvalue weighted by Crippen LogP contribution is -2.60. The molecule has 0 radical (unpaired) electrons. The Morgan fingerprint density at radius 3 is 2.64 bits per heavy atom. The second-order valence-corrected chi connectivity index (χ2v) is 5.37. The molecule has 1 aliphatic rings. The summed E-state index contributed by atoms with van der Waals surface area (Å²) in [7, 11) is 4.43. The Balaban J connectivity index is 2.61. The van der Waals surface area contributed by atoms with Gasteiger partial charge in [-0.05, 0) is 26.7 Å². The third kappa shape index (κ3) is 2.98. The summed E-state index contributed by atoms with van der Waals surface area (Å²) in [5.74, 6) is 0.217. The van der Waals surface area contributed by atoms with Crippen molar-refractivity contribution >= 4 is 5.91 Å². The van der Waals surface area contributed by atoms with Gasteiger partial charge < -0.3 is 9.80 Å². The molecule has 3 nitrogen and oxygen atoms in total. The lowest BCUT2D eigenvalue weighted by Gasteiger charge is -2.41. The lowest BCUT2D eigenvalue weighted by molar-refractivity contribution is -0.892. The Kier molecular flexibility index (Phi) is 3.20. The summed E-state index contributed by atoms with van der Waals surface area (Å²) in [5, 5.41) is 3.13. The minimum atomic E-state index is 0.00877. The number of amides is 1. The maximum atomic E-state index is 11.3. The molecular formula is C11H23N2O+. The highest BCUT2D eigenvalue weighted by Crippen LogP contribution is 2.22. The van der Waals surface area contributed by atoms with Crippen molar-refractivity contribution < 1.29 is 9.28 Å². The molecule has 3 heteroatoms. The van der Waals surface area contributed by atoms with E-state index in [1.54, 1.807) is 0 Å². The van der Waals surface area contributed by atoms with E-state index in [9.17, 15) is 4.79 Å². The van der Waals surface area contributed by atoms with Gasteiger partial charge in [0.05, 0.1) is 26.2 Å². The zero-order valence-electron chi connectivity index (χ0n) is 9.89. The monoisotopic (exact) mass is 199 g/mol. The molecule has 1 N–H and O–H groups in total. The number of piperidine rings is 1. The first-order valence-electron chi connectivity index (χ1n) is 5.50. The summed E-state index contributed by atoms with van der Waals surface area (Å²) in [6.45, 7) is 6.48. The van der Waals surface area contributed by atoms with E-state index in [1.807, 2.05) is 0 Å². The van der Waals surface area contributed by atoms with E-state index in [2.05, 4.69) is 33.3 Å². The molecular weight excluding hydrogens is 176 g/mol. The predicted octanol–water partition coefficient (Wildman–Crippen LogP) is 1.14. The van der Waals surface area contributed by atoms with Crippen LogP contribution in [-0.4, -0.2) is 43.1 Å². The van der Waals surface area contributed by atoms with Crippen LogP contribution >= 0.6 is 0 Å². The van der Waals surface area contributed by atoms with Crippen LogP contribution in [-0.2, 0) is 4.79 Å². The summed E-state index contributed by atoms with van der Waals surface area (Å²) >= 11 is 0. The second-order valence-electron chi connectivity index (χ2n) is 5.37. The second kappa shape index (κ2) is 3.89. The molecule has 1 rings (SSSR count). The molecule has 0 aromatic heterocycles. The van der Waals surface area contributed by atoms with E-state index in [-0.39, 0.29) is 11.4 Å². The highest BCUT2D eigenvalue weighted by molar-refractivity contribution is 5.77. The Hall–Kier alpha value is -0.570. The molecule has 1 saturated heterocycles. The maximum Gasteiger partial charge on any atom is 0.220 e. The molecule has 0 saturated carbocycles. The average molecular weight is 199 g/mol. The standard InChI is InChI=1S/C11H22N2O/c1-5-13(3,4)9-11(2)8-6-7-10(14)12-11/h5-9H2,1-4H3/p+1. The van der Waals surface area contributed by atoms with Gasteiger partial charge in [-0.2, -0.15) is 0 Å². The number of hydrogen-bond donors (Lipinski definition) is 1. The number of carbonyl (C=O) groups is 1. The van der Waals surface area contributed by atoms with E-state index in [0.29, 0.717) is 6.42 Å². The van der Waals surface area contributed by atoms with Crippen LogP contribution in [0.15, 0.2) is 0 Å². The quantitative estimate of drug-likeness (QED) is 0.679. The molecule has 0 aliphatic carbocycles. The summed E-state index contributed by atoms with van der Waals surface area (Å²) in [5.41, 5.74) is 0.00877. The first-order valence-corrected chi connectivity index (χ1v) is 5.50. The van der Waals surface area contributed by atoms with Gasteiger partial charge in [-0.25, -0.2) is 0 Å². The molecule has 1 aliphatic heterocycles. The van der Waals surface area contributed by atoms with Crippen molar-refractivity contribution in [3.8, 4) is 0 Å². The fourth-order valence-corrected chi connectivity index (χ4v) is 2.28. The molecule has 1 amide bonds. The third-order valence-electron chi connectivity index (χ3n) is 3.21. The van der Waals surface area contributed by atoms with Crippen molar-refractivity contribution in [3.63, 3.8) is 0 Å². The zero-order chi connectivity index (χ0) is 10.8. The van der Waals surface area contributed by atoms with Gasteiger partial charge in [0.15, 0.2) is 0 Å². The average Bonchev–Trinajstić information content (AvgIpc) is 2.01. The highest BCUT2D eigenvalue weighted by atomic mass is 16.1. The molecule has 0 bridgehead atoms. The molecule has 1 unspecified atom stereocenters. The maximum absolute atomic E-state index is 11.3. The fraction of sp³-hybridized carbons (Fsp3) is 0.909. The van der Waals surface area contributed by atoms with Gasteiger partial charge in [-0.15, -0.1) is 0 Å². The molecule has 82 valence electrons. The molecule has 1 heterocycles. The van der Waals surface area contributed by atoms with E-state index >= 15 is 0 Å². The predicted molar refractivity (Wildman–Crippen MR) is 57.9 cm³/mol. The van der Waals surface area contributed by atoms with Gasteiger partial charge >= 0.3 is 0 Å². The first kappa shape index (κ1) is 11.5. The van der Waals surface area contributed by atoms with Crippen LogP contribution in [0, 0.1) is 0 Å². The topological polar surface area (TPSA) is 29.1 Å². The number of likely N-dealkylation sites (N-methyl/N-ethyl adjacent to an activating group) is 1. The number of quaternary nitrogens is 1. The number of nitrogens with zero attached hydrogens (tertiary/aromatic N) is 1. The van der Waals surface area contributed by atoms with E-state index in [0.717, 1.165) is 30.4 Å². The van der Waals surface area contributed by atoms with Crippen LogP contribution in [0.4, 0.5) is 0 Å². The summed E-state index contributed by atoms with van der Waals surface area (Å²) in [6, 6.07) is 0. The Bertz CT molecular complexity index is 225. The van der Waals surface area contributed by atoms with Gasteiger partial charge in [0, 0.05) is 6.42 Å². The highest BCUT2D eigenvalue weighted by Gasteiger charge is 2.35. The first-order chi connectivity index (χ1) is 6.37. The van der Waals surface area contributed by atoms with Gasteiger partial charge in [0.2, 0.25) is 5.91 Å². The Morgan fingerprint density at radius 2 is 2.14 bits per heavy atom. The summed E-state index contributed by atoms with van der Waals surface area (Å²) in [6.07, 6.45) is 2.85. The molecule has 0 spiro atoms. The van der Waals surface area contributed by atoms with Crippen molar-refractivity contribution in [2.45, 2.75) is 38.6 Å². The number of nitrogens with one attached hydrogen (secondary N) is 1. The number of hydrogen-bond acceptors (Lipinski definition) is 1. The molecule has 1 fully saturated rings. The van der Waals surface area contributed by atoms with Crippen molar-refractivity contribution in [2.75, 3.05) is 27.2 Å². The van der Waals surface area contributed by atoms with E-state index in [1.165, 1.54) is 0 Å². The molecule has 1 atom stereocenters. The summed E-state index contributed by atoms with van der Waals surface area (Å²) in [4.78, 5) is 11.3. The fourth-order valence-electron chi connectivity index (χ4n) is 2.28. The number of carbonyl (C=O) groups excluding carboxylic acids is 1. The summed E-state index contributed by atoms with van der Waals surface area (Å²) < 4.78 is 0.969. The van der Waals surface area contributed by atoms with Crippen molar-refractivity contribution in [1.29, 1.82) is 0 Å². The molecule has 0 aromatic carbocycles. The van der Waals surface area contributed by atoms with Crippen LogP contribution in [0.5, 0.6) is 0 Å². The van der Waals surface area contributed by atoms with Gasteiger partial charge in [0.1, 0.15) is 6.54 Å². The normalized spacial score (nSPS) is 28.7. The van der Waals surface area contributed by atoms with E-state index in [4.69, 9.17) is 0 Å². The zero-order valence-corrected chi connectivity index (χ0v) is 9.89. The third-order valence-corrected chi connectivity index (χ3v) is 3.21. The Labute approximate surface area is 87.1 Å². The Morgan fingerprint density at radius 1 is 1.50 bits per heavy atom. The lowest BCUT2D eigenvalue weighted by atomic mass is 9.89. The minimum absolute atomic E-state index is 0.00877. The van der Waals surface area contributed by atoms with Crippen LogP contribution in [0.2, 0.25) is 0 Å². The van der Waals surface area contributed by atoms with Crippen molar-refractivity contribution in [3.05, 3.63) is 0 Å². The molecule has 14 heavy (non-hydrogen) atoms. The van der Waals surface area contributed by atoms with Gasteiger partial charge in [-0.3, -0.25) is 4.79 Å². The van der Waals surface area contributed by atoms with Crippen LogP contribution in [0.25, 0.3) is 0 Å². The van der Waals surface area contributed by atoms with Crippen molar-refractivity contribution in [1.82, 2.24) is 5.32 Å². The van der Waals surface area contributed by atoms with Crippen LogP contribution < -0.4 is 5.32 Å². The van der Waals surface area contributed by atoms with Gasteiger partial charge in [0.25, 0.3) is 0 Å². The van der Waals surface area contributed by atoms with Crippen molar-refractivity contribution in [2.24, 2.45) is 0 Å². The van der Waals surface area contributed by atoms with Gasteiger partial charge in [-0.1, -0.05) is 0 Å². The minimum Gasteiger partial charge on any atom is -0.345 e. The van der Waals surface area contributed by atoms with E-state index < -0.39 is 0 Å². The molecule has 0 aromatic rings. The largest absolute Gasteiger partial charge is 0.345 e. The van der Waals surface area contributed by atoms with Crippen LogP contribution in [0.1, 0.15) is 33.1 Å². The number of rotatable bonds is 3. The van der Waals surface area contributed by atoms with Crippen LogP contribution in [0.3, 0.4) is 0 Å². The smallest absolute Gasteiger partial charge is 0.220 e. The SMILES string of the molecule is CC[N+](C)(C)CC1(C)CCCC(=O)N1.